The summed E-state index contributed by atoms with van der Waals surface area (Å²) < 4.78 is 25.3. The molecule has 1 N–H and O–H groups in total. The topological polar surface area (TPSA) is 83.6 Å². The van der Waals surface area contributed by atoms with E-state index in [-0.39, 0.29) is 29.0 Å². The monoisotopic (exact) mass is 376 g/mol. The van der Waals surface area contributed by atoms with Crippen molar-refractivity contribution in [2.24, 2.45) is 5.92 Å². The summed E-state index contributed by atoms with van der Waals surface area (Å²) in [6.45, 7) is 1.14. The van der Waals surface area contributed by atoms with Crippen LogP contribution in [0.1, 0.15) is 48.9 Å². The molecule has 4 rings (SSSR count). The zero-order chi connectivity index (χ0) is 18.3. The van der Waals surface area contributed by atoms with Gasteiger partial charge in [0.2, 0.25) is 5.91 Å². The first-order chi connectivity index (χ1) is 12.5. The molecule has 2 aliphatic heterocycles. The highest BCUT2D eigenvalue weighted by atomic mass is 32.2. The van der Waals surface area contributed by atoms with Crippen molar-refractivity contribution in [1.82, 2.24) is 10.2 Å². The van der Waals surface area contributed by atoms with Crippen molar-refractivity contribution >= 4 is 21.7 Å². The molecule has 1 aromatic carbocycles. The number of nitrogens with zero attached hydrogens (tertiary/aromatic N) is 1. The molecule has 7 heteroatoms. The molecule has 1 saturated carbocycles. The molecule has 2 atom stereocenters. The third kappa shape index (κ3) is 2.92. The predicted octanol–water partition coefficient (Wildman–Crippen LogP) is 1.75. The lowest BCUT2D eigenvalue weighted by Gasteiger charge is -2.36. The van der Waals surface area contributed by atoms with Gasteiger partial charge in [0.1, 0.15) is 0 Å². The number of carbonyl (C=O) groups is 2. The molecule has 140 valence electrons. The van der Waals surface area contributed by atoms with E-state index in [1.54, 1.807) is 29.2 Å². The van der Waals surface area contributed by atoms with Crippen LogP contribution in [0, 0.1) is 5.92 Å². The molecule has 2 saturated heterocycles. The third-order valence-corrected chi connectivity index (χ3v) is 8.31. The molecular weight excluding hydrogens is 352 g/mol. The third-order valence-electron chi connectivity index (χ3n) is 6.03. The van der Waals surface area contributed by atoms with Gasteiger partial charge in [-0.05, 0) is 49.9 Å². The lowest BCUT2D eigenvalue weighted by Crippen LogP contribution is -2.48. The van der Waals surface area contributed by atoms with Crippen molar-refractivity contribution in [3.63, 3.8) is 0 Å². The summed E-state index contributed by atoms with van der Waals surface area (Å²) in [4.78, 5) is 26.9. The predicted molar refractivity (Wildman–Crippen MR) is 96.4 cm³/mol. The van der Waals surface area contributed by atoms with Crippen LogP contribution in [0.3, 0.4) is 0 Å². The van der Waals surface area contributed by atoms with Gasteiger partial charge in [-0.25, -0.2) is 8.42 Å². The average molecular weight is 376 g/mol. The van der Waals surface area contributed by atoms with E-state index in [0.717, 1.165) is 38.5 Å². The largest absolute Gasteiger partial charge is 0.354 e. The van der Waals surface area contributed by atoms with Crippen LogP contribution >= 0.6 is 0 Å². The van der Waals surface area contributed by atoms with Crippen LogP contribution in [0.25, 0.3) is 0 Å². The molecular formula is C19H24N2O4S. The van der Waals surface area contributed by atoms with Gasteiger partial charge in [0.05, 0.1) is 22.1 Å². The lowest BCUT2D eigenvalue weighted by molar-refractivity contribution is -0.123. The summed E-state index contributed by atoms with van der Waals surface area (Å²) >= 11 is 0. The van der Waals surface area contributed by atoms with E-state index in [9.17, 15) is 18.0 Å². The minimum absolute atomic E-state index is 0.0329. The second-order valence-electron chi connectivity index (χ2n) is 7.54. The molecule has 2 amide bonds. The van der Waals surface area contributed by atoms with Crippen LogP contribution in [0.4, 0.5) is 0 Å². The Labute approximate surface area is 153 Å². The summed E-state index contributed by atoms with van der Waals surface area (Å²) in [6.07, 6.45) is 5.00. The number of fused-ring (bicyclic) bond motifs is 1. The van der Waals surface area contributed by atoms with E-state index in [1.165, 1.54) is 0 Å². The Kier molecular flexibility index (Phi) is 4.50. The van der Waals surface area contributed by atoms with Crippen molar-refractivity contribution in [2.75, 3.05) is 13.1 Å². The summed E-state index contributed by atoms with van der Waals surface area (Å²) in [5, 5.41) is 2.56. The van der Waals surface area contributed by atoms with Gasteiger partial charge in [-0.15, -0.1) is 0 Å². The average Bonchev–Trinajstić information content (AvgIpc) is 3.32. The summed E-state index contributed by atoms with van der Waals surface area (Å²) in [5.74, 6) is -0.207. The molecule has 1 aromatic rings. The van der Waals surface area contributed by atoms with Crippen LogP contribution in [0.5, 0.6) is 0 Å². The molecule has 6 nitrogen and oxygen atoms in total. The Morgan fingerprint density at radius 3 is 2.42 bits per heavy atom. The van der Waals surface area contributed by atoms with Crippen LogP contribution in [0.2, 0.25) is 0 Å². The number of benzene rings is 1. The number of hydrogen-bond acceptors (Lipinski definition) is 4. The zero-order valence-corrected chi connectivity index (χ0v) is 15.5. The number of amides is 2. The molecule has 0 unspecified atom stereocenters. The van der Waals surface area contributed by atoms with Gasteiger partial charge >= 0.3 is 0 Å². The minimum Gasteiger partial charge on any atom is -0.354 e. The summed E-state index contributed by atoms with van der Waals surface area (Å²) in [6, 6.07) is 6.24. The Morgan fingerprint density at radius 1 is 1.04 bits per heavy atom. The molecule has 0 bridgehead atoms. The van der Waals surface area contributed by atoms with Gasteiger partial charge in [0.25, 0.3) is 5.91 Å². The number of nitrogens with one attached hydrogen (secondary N) is 1. The second-order valence-corrected chi connectivity index (χ2v) is 9.76. The van der Waals surface area contributed by atoms with E-state index in [0.29, 0.717) is 23.5 Å². The van der Waals surface area contributed by atoms with E-state index in [1.807, 2.05) is 0 Å². The first-order valence-electron chi connectivity index (χ1n) is 9.41. The highest BCUT2D eigenvalue weighted by molar-refractivity contribution is 7.92. The number of hydrogen-bond donors (Lipinski definition) is 1. The normalized spacial score (nSPS) is 26.6. The lowest BCUT2D eigenvalue weighted by atomic mass is 9.91. The van der Waals surface area contributed by atoms with Gasteiger partial charge in [0, 0.05) is 18.7 Å². The van der Waals surface area contributed by atoms with Crippen molar-refractivity contribution in [3.8, 4) is 0 Å². The first kappa shape index (κ1) is 17.5. The minimum atomic E-state index is -3.31. The standard InChI is InChI=1S/C19H24N2O4S/c22-18-16-6-3-11-21(17(16)12-20-18)19(23)13-7-9-15(10-8-13)26(24,25)14-4-1-2-5-14/h7-10,14,16-17H,1-6,11-12H2,(H,20,22)/t16-,17+/m1/s1. The number of rotatable bonds is 3. The van der Waals surface area contributed by atoms with E-state index in [4.69, 9.17) is 0 Å². The van der Waals surface area contributed by atoms with E-state index in [2.05, 4.69) is 5.32 Å². The Balaban J connectivity index is 1.53. The van der Waals surface area contributed by atoms with Crippen LogP contribution < -0.4 is 5.32 Å². The van der Waals surface area contributed by atoms with Crippen LogP contribution in [-0.4, -0.2) is 49.5 Å². The smallest absolute Gasteiger partial charge is 0.254 e. The molecule has 3 fully saturated rings. The quantitative estimate of drug-likeness (QED) is 0.871. The SMILES string of the molecule is O=C1NC[C@H]2[C@H]1CCCN2C(=O)c1ccc(S(=O)(=O)C2CCCC2)cc1. The molecule has 0 spiro atoms. The maximum absolute atomic E-state index is 12.9. The molecule has 1 aliphatic carbocycles. The fraction of sp³-hybridized carbons (Fsp3) is 0.579. The fourth-order valence-corrected chi connectivity index (χ4v) is 6.40. The fourth-order valence-electron chi connectivity index (χ4n) is 4.55. The second kappa shape index (κ2) is 6.68. The molecule has 0 radical (unpaired) electrons. The number of carbonyl (C=O) groups excluding carboxylic acids is 2. The van der Waals surface area contributed by atoms with Crippen LogP contribution in [0.15, 0.2) is 29.2 Å². The molecule has 3 aliphatic rings. The Morgan fingerprint density at radius 2 is 1.73 bits per heavy atom. The Hall–Kier alpha value is -1.89. The van der Waals surface area contributed by atoms with Gasteiger partial charge < -0.3 is 10.2 Å². The van der Waals surface area contributed by atoms with Gasteiger partial charge in [-0.2, -0.15) is 0 Å². The van der Waals surface area contributed by atoms with Crippen molar-refractivity contribution in [3.05, 3.63) is 29.8 Å². The number of sulfone groups is 1. The maximum atomic E-state index is 12.9. The van der Waals surface area contributed by atoms with Crippen molar-refractivity contribution < 1.29 is 18.0 Å². The van der Waals surface area contributed by atoms with Crippen LogP contribution in [-0.2, 0) is 14.6 Å². The number of likely N-dealkylation sites (tertiary alicyclic amines) is 1. The molecule has 26 heavy (non-hydrogen) atoms. The zero-order valence-electron chi connectivity index (χ0n) is 14.7. The van der Waals surface area contributed by atoms with Crippen molar-refractivity contribution in [2.45, 2.75) is 54.7 Å². The molecule has 2 heterocycles. The van der Waals surface area contributed by atoms with Gasteiger partial charge in [-0.3, -0.25) is 9.59 Å². The van der Waals surface area contributed by atoms with Gasteiger partial charge in [-0.1, -0.05) is 12.8 Å². The van der Waals surface area contributed by atoms with Crippen molar-refractivity contribution in [1.29, 1.82) is 0 Å². The van der Waals surface area contributed by atoms with E-state index >= 15 is 0 Å². The van der Waals surface area contributed by atoms with Gasteiger partial charge in [0.15, 0.2) is 9.84 Å². The summed E-state index contributed by atoms with van der Waals surface area (Å²) in [7, 11) is -3.31. The highest BCUT2D eigenvalue weighted by Gasteiger charge is 2.42. The summed E-state index contributed by atoms with van der Waals surface area (Å²) in [5.41, 5.74) is 0.482. The van der Waals surface area contributed by atoms with E-state index < -0.39 is 9.84 Å². The first-order valence-corrected chi connectivity index (χ1v) is 11.0. The highest BCUT2D eigenvalue weighted by Crippen LogP contribution is 2.31. The maximum Gasteiger partial charge on any atom is 0.254 e. The molecule has 0 aromatic heterocycles. The number of piperidine rings is 1. The Bertz CT molecular complexity index is 812.